The summed E-state index contributed by atoms with van der Waals surface area (Å²) in [4.78, 5) is 7.87. The molecule has 0 bridgehead atoms. The number of halogens is 1. The predicted molar refractivity (Wildman–Crippen MR) is 78.6 cm³/mol. The molecule has 8 heteroatoms. The van der Waals surface area contributed by atoms with E-state index < -0.39 is 11.8 Å². The highest BCUT2D eigenvalue weighted by molar-refractivity contribution is 5.24. The van der Waals surface area contributed by atoms with E-state index in [-0.39, 0.29) is 12.4 Å². The molecule has 23 heavy (non-hydrogen) atoms. The maximum atomic E-state index is 13.3. The van der Waals surface area contributed by atoms with Crippen LogP contribution in [0.4, 0.5) is 4.39 Å². The SMILES string of the molecule is CO[C@@H](n1cncn1)[C@](O)(Cn1ccnc1)c1ccc(F)cc1. The first-order chi connectivity index (χ1) is 11.1. The predicted octanol–water partition coefficient (Wildman–Crippen LogP) is 1.35. The van der Waals surface area contributed by atoms with Gasteiger partial charge in [0.05, 0.1) is 12.9 Å². The molecule has 0 aliphatic carbocycles. The molecule has 0 aliphatic heterocycles. The van der Waals surface area contributed by atoms with Gasteiger partial charge in [0.15, 0.2) is 11.8 Å². The van der Waals surface area contributed by atoms with Crippen LogP contribution in [0.25, 0.3) is 0 Å². The van der Waals surface area contributed by atoms with E-state index in [0.717, 1.165) is 0 Å². The topological polar surface area (TPSA) is 78.0 Å². The number of hydrogen-bond acceptors (Lipinski definition) is 5. The zero-order valence-corrected chi connectivity index (χ0v) is 12.5. The van der Waals surface area contributed by atoms with Gasteiger partial charge in [0.2, 0.25) is 0 Å². The molecule has 0 radical (unpaired) electrons. The number of ether oxygens (including phenoxy) is 1. The summed E-state index contributed by atoms with van der Waals surface area (Å²) in [6.45, 7) is 0.150. The highest BCUT2D eigenvalue weighted by atomic mass is 19.1. The van der Waals surface area contributed by atoms with Crippen LogP contribution in [0.3, 0.4) is 0 Å². The fourth-order valence-electron chi connectivity index (χ4n) is 2.57. The lowest BCUT2D eigenvalue weighted by Gasteiger charge is -2.35. The molecule has 0 fully saturated rings. The molecule has 0 saturated carbocycles. The van der Waals surface area contributed by atoms with Crippen molar-refractivity contribution >= 4 is 0 Å². The minimum absolute atomic E-state index is 0.150. The van der Waals surface area contributed by atoms with Gasteiger partial charge in [-0.1, -0.05) is 12.1 Å². The Bertz CT molecular complexity index is 730. The summed E-state index contributed by atoms with van der Waals surface area (Å²) in [6.07, 6.45) is 6.89. The number of aromatic nitrogens is 5. The first kappa shape index (κ1) is 15.3. The largest absolute Gasteiger partial charge is 0.378 e. The van der Waals surface area contributed by atoms with Gasteiger partial charge in [-0.2, -0.15) is 5.10 Å². The van der Waals surface area contributed by atoms with Crippen LogP contribution >= 0.6 is 0 Å². The lowest BCUT2D eigenvalue weighted by molar-refractivity contribution is -0.152. The standard InChI is InChI=1S/C15H16FN5O2/c1-23-14(21-11-18-9-19-21)15(22,8-20-7-6-17-10-20)12-2-4-13(16)5-3-12/h2-7,9-11,14,22H,8H2,1H3/t14-,15+/m1/s1. The van der Waals surface area contributed by atoms with Crippen molar-refractivity contribution in [3.8, 4) is 0 Å². The van der Waals surface area contributed by atoms with Crippen LogP contribution in [0.15, 0.2) is 55.6 Å². The maximum Gasteiger partial charge on any atom is 0.185 e. The summed E-state index contributed by atoms with van der Waals surface area (Å²) in [5.41, 5.74) is -1.01. The third-order valence-electron chi connectivity index (χ3n) is 3.64. The van der Waals surface area contributed by atoms with Crippen molar-refractivity contribution in [3.05, 3.63) is 67.0 Å². The van der Waals surface area contributed by atoms with Gasteiger partial charge in [0, 0.05) is 19.5 Å². The first-order valence-electron chi connectivity index (χ1n) is 6.94. The molecule has 1 N–H and O–H groups in total. The summed E-state index contributed by atoms with van der Waals surface area (Å²) < 4.78 is 21.9. The van der Waals surface area contributed by atoms with E-state index in [9.17, 15) is 9.50 Å². The summed E-state index contributed by atoms with van der Waals surface area (Å²) in [5.74, 6) is -0.381. The van der Waals surface area contributed by atoms with Crippen molar-refractivity contribution in [1.29, 1.82) is 0 Å². The van der Waals surface area contributed by atoms with E-state index in [1.807, 2.05) is 0 Å². The van der Waals surface area contributed by atoms with Crippen LogP contribution in [-0.4, -0.2) is 36.5 Å². The van der Waals surface area contributed by atoms with Crippen LogP contribution in [0.2, 0.25) is 0 Å². The molecule has 7 nitrogen and oxygen atoms in total. The average molecular weight is 317 g/mol. The summed E-state index contributed by atoms with van der Waals surface area (Å²) >= 11 is 0. The Kier molecular flexibility index (Phi) is 4.18. The van der Waals surface area contributed by atoms with Crippen molar-refractivity contribution in [1.82, 2.24) is 24.3 Å². The Morgan fingerprint density at radius 2 is 2.04 bits per heavy atom. The molecule has 0 saturated heterocycles. The van der Waals surface area contributed by atoms with Gasteiger partial charge >= 0.3 is 0 Å². The molecule has 1 aromatic carbocycles. The van der Waals surface area contributed by atoms with Crippen molar-refractivity contribution in [2.24, 2.45) is 0 Å². The fraction of sp³-hybridized carbons (Fsp3) is 0.267. The fourth-order valence-corrected chi connectivity index (χ4v) is 2.57. The Morgan fingerprint density at radius 1 is 1.26 bits per heavy atom. The smallest absolute Gasteiger partial charge is 0.185 e. The molecular formula is C15H16FN5O2. The molecule has 0 amide bonds. The van der Waals surface area contributed by atoms with Gasteiger partial charge in [-0.25, -0.2) is 19.0 Å². The zero-order valence-electron chi connectivity index (χ0n) is 12.5. The quantitative estimate of drug-likeness (QED) is 0.742. The summed E-state index contributed by atoms with van der Waals surface area (Å²) in [5, 5.41) is 15.4. The Hall–Kier alpha value is -2.58. The number of imidazole rings is 1. The minimum Gasteiger partial charge on any atom is -0.378 e. The van der Waals surface area contributed by atoms with Gasteiger partial charge < -0.3 is 14.4 Å². The minimum atomic E-state index is -1.50. The van der Waals surface area contributed by atoms with Crippen LogP contribution < -0.4 is 0 Å². The van der Waals surface area contributed by atoms with E-state index in [2.05, 4.69) is 15.1 Å². The Morgan fingerprint density at radius 3 is 2.61 bits per heavy atom. The van der Waals surface area contributed by atoms with E-state index in [1.165, 1.54) is 48.7 Å². The number of nitrogens with zero attached hydrogens (tertiary/aromatic N) is 5. The van der Waals surface area contributed by atoms with Gasteiger partial charge in [-0.15, -0.1) is 0 Å². The highest BCUT2D eigenvalue weighted by Gasteiger charge is 2.41. The molecule has 0 unspecified atom stereocenters. The van der Waals surface area contributed by atoms with Crippen molar-refractivity contribution in [2.45, 2.75) is 18.4 Å². The highest BCUT2D eigenvalue weighted by Crippen LogP contribution is 2.35. The van der Waals surface area contributed by atoms with Gasteiger partial charge in [0.1, 0.15) is 18.5 Å². The van der Waals surface area contributed by atoms with Gasteiger partial charge in [0.25, 0.3) is 0 Å². The molecule has 3 aromatic rings. The second kappa shape index (κ2) is 6.27. The van der Waals surface area contributed by atoms with Crippen molar-refractivity contribution < 1.29 is 14.2 Å². The normalized spacial score (nSPS) is 15.3. The van der Waals surface area contributed by atoms with Crippen LogP contribution in [0.1, 0.15) is 11.8 Å². The Balaban J connectivity index is 2.06. The lowest BCUT2D eigenvalue weighted by atomic mass is 9.91. The van der Waals surface area contributed by atoms with Gasteiger partial charge in [-0.3, -0.25) is 0 Å². The molecule has 0 spiro atoms. The molecule has 2 atom stereocenters. The number of aliphatic hydroxyl groups is 1. The van der Waals surface area contributed by atoms with Crippen molar-refractivity contribution in [3.63, 3.8) is 0 Å². The molecule has 2 aromatic heterocycles. The number of methoxy groups -OCH3 is 1. The Labute approximate surface area is 132 Å². The lowest BCUT2D eigenvalue weighted by Crippen LogP contribution is -2.42. The van der Waals surface area contributed by atoms with Crippen LogP contribution in [0.5, 0.6) is 0 Å². The van der Waals surface area contributed by atoms with E-state index in [0.29, 0.717) is 5.56 Å². The first-order valence-corrected chi connectivity index (χ1v) is 6.94. The molecular weight excluding hydrogens is 301 g/mol. The van der Waals surface area contributed by atoms with Gasteiger partial charge in [-0.05, 0) is 17.7 Å². The third-order valence-corrected chi connectivity index (χ3v) is 3.64. The summed E-state index contributed by atoms with van der Waals surface area (Å²) in [7, 11) is 1.47. The molecule has 3 rings (SSSR count). The van der Waals surface area contributed by atoms with Crippen LogP contribution in [-0.2, 0) is 16.9 Å². The molecule has 0 aliphatic rings. The second-order valence-electron chi connectivity index (χ2n) is 5.13. The molecule has 2 heterocycles. The molecule has 120 valence electrons. The second-order valence-corrected chi connectivity index (χ2v) is 5.13. The van der Waals surface area contributed by atoms with E-state index in [4.69, 9.17) is 4.74 Å². The number of hydrogen-bond donors (Lipinski definition) is 1. The third kappa shape index (κ3) is 2.99. The van der Waals surface area contributed by atoms with Crippen LogP contribution in [0, 0.1) is 5.82 Å². The average Bonchev–Trinajstić information content (AvgIpc) is 3.22. The maximum absolute atomic E-state index is 13.3. The van der Waals surface area contributed by atoms with E-state index >= 15 is 0 Å². The number of benzene rings is 1. The van der Waals surface area contributed by atoms with Crippen molar-refractivity contribution in [2.75, 3.05) is 7.11 Å². The number of rotatable bonds is 6. The zero-order chi connectivity index (χ0) is 16.3. The monoisotopic (exact) mass is 317 g/mol. The van der Waals surface area contributed by atoms with E-state index in [1.54, 1.807) is 23.3 Å². The summed E-state index contributed by atoms with van der Waals surface area (Å²) in [6, 6.07) is 5.63.